The maximum Gasteiger partial charge on any atom is 0.124 e. The fourth-order valence-electron chi connectivity index (χ4n) is 3.84. The third kappa shape index (κ3) is 3.87. The van der Waals surface area contributed by atoms with E-state index in [9.17, 15) is 5.11 Å². The summed E-state index contributed by atoms with van der Waals surface area (Å²) >= 11 is 0. The monoisotopic (exact) mass is 308 g/mol. The van der Waals surface area contributed by atoms with Crippen molar-refractivity contribution in [2.45, 2.75) is 37.9 Å². The Hall–Kier alpha value is -0.950. The van der Waals surface area contributed by atoms with Crippen molar-refractivity contribution in [3.8, 4) is 0 Å². The van der Waals surface area contributed by atoms with E-state index < -0.39 is 0 Å². The lowest BCUT2D eigenvalue weighted by molar-refractivity contribution is 0.00541. The maximum atomic E-state index is 9.44. The van der Waals surface area contributed by atoms with Gasteiger partial charge in [0.15, 0.2) is 0 Å². The molecule has 1 N–H and O–H groups in total. The van der Waals surface area contributed by atoms with Crippen molar-refractivity contribution in [3.63, 3.8) is 0 Å². The van der Waals surface area contributed by atoms with Crippen molar-refractivity contribution in [2.24, 2.45) is 0 Å². The van der Waals surface area contributed by atoms with Gasteiger partial charge in [-0.25, -0.2) is 0 Å². The largest absolute Gasteiger partial charge is 0.396 e. The van der Waals surface area contributed by atoms with Crippen molar-refractivity contribution < 1.29 is 9.63 Å². The zero-order valence-electron chi connectivity index (χ0n) is 13.5. The van der Waals surface area contributed by atoms with Crippen LogP contribution in [0.2, 0.25) is 0 Å². The normalized spacial score (nSPS) is 26.5. The molecule has 22 heavy (non-hydrogen) atoms. The van der Waals surface area contributed by atoms with Gasteiger partial charge in [-0.15, -0.1) is 0 Å². The van der Waals surface area contributed by atoms with Gasteiger partial charge in [-0.1, -0.05) is 5.16 Å². The topological polar surface area (TPSA) is 56.0 Å². The number of aromatic nitrogens is 1. The number of piperazine rings is 1. The van der Waals surface area contributed by atoms with E-state index in [4.69, 9.17) is 4.52 Å². The minimum Gasteiger partial charge on any atom is -0.396 e. The number of hydrogen-bond donors (Lipinski definition) is 1. The molecule has 0 bridgehead atoms. The second-order valence-electron chi connectivity index (χ2n) is 6.66. The van der Waals surface area contributed by atoms with Crippen LogP contribution in [0.4, 0.5) is 0 Å². The molecule has 0 radical (unpaired) electrons. The van der Waals surface area contributed by atoms with E-state index in [0.29, 0.717) is 12.1 Å². The molecular weight excluding hydrogens is 280 g/mol. The van der Waals surface area contributed by atoms with E-state index in [2.05, 4.69) is 26.9 Å². The van der Waals surface area contributed by atoms with Gasteiger partial charge in [-0.2, -0.15) is 0 Å². The molecule has 2 fully saturated rings. The summed E-state index contributed by atoms with van der Waals surface area (Å²) in [7, 11) is 2.21. The van der Waals surface area contributed by atoms with E-state index in [0.717, 1.165) is 38.3 Å². The lowest BCUT2D eigenvalue weighted by atomic mass is 9.98. The summed E-state index contributed by atoms with van der Waals surface area (Å²) in [5.41, 5.74) is 0.996. The lowest BCUT2D eigenvalue weighted by Crippen LogP contribution is -2.58. The van der Waals surface area contributed by atoms with Gasteiger partial charge in [0.1, 0.15) is 6.26 Å². The summed E-state index contributed by atoms with van der Waals surface area (Å²) in [4.78, 5) is 7.50. The van der Waals surface area contributed by atoms with Crippen LogP contribution in [0.1, 0.15) is 25.0 Å². The molecule has 0 amide bonds. The van der Waals surface area contributed by atoms with E-state index in [1.165, 1.54) is 25.9 Å². The lowest BCUT2D eigenvalue weighted by Gasteiger charge is -2.47. The van der Waals surface area contributed by atoms with Gasteiger partial charge in [0.2, 0.25) is 0 Å². The standard InChI is InChI=1S/C16H28N4O2/c1-18-6-2-15(3-7-18)20-9-8-19(13-16(20)4-10-21)12-14-5-11-22-17-14/h5,11,15-16,21H,2-4,6-10,12-13H2,1H3/t16-/m0/s1. The molecule has 0 spiro atoms. The number of piperidine rings is 1. The molecule has 2 saturated heterocycles. The second kappa shape index (κ2) is 7.55. The van der Waals surface area contributed by atoms with E-state index in [1.807, 2.05) is 6.07 Å². The summed E-state index contributed by atoms with van der Waals surface area (Å²) in [5, 5.41) is 13.5. The molecule has 0 saturated carbocycles. The molecule has 0 aliphatic carbocycles. The highest BCUT2D eigenvalue weighted by atomic mass is 16.5. The average Bonchev–Trinajstić information content (AvgIpc) is 3.02. The Balaban J connectivity index is 1.58. The SMILES string of the molecule is CN1CCC(N2CCN(Cc3ccon3)C[C@@H]2CCO)CC1. The van der Waals surface area contributed by atoms with Gasteiger partial charge >= 0.3 is 0 Å². The fourth-order valence-corrected chi connectivity index (χ4v) is 3.84. The summed E-state index contributed by atoms with van der Waals surface area (Å²) in [6, 6.07) is 3.07. The first-order valence-corrected chi connectivity index (χ1v) is 8.43. The zero-order chi connectivity index (χ0) is 15.4. The van der Waals surface area contributed by atoms with Gasteiger partial charge in [0.25, 0.3) is 0 Å². The van der Waals surface area contributed by atoms with Crippen molar-refractivity contribution in [1.29, 1.82) is 0 Å². The predicted octanol–water partition coefficient (Wildman–Crippen LogP) is 0.637. The van der Waals surface area contributed by atoms with Gasteiger partial charge in [-0.05, 0) is 39.4 Å². The minimum atomic E-state index is 0.269. The average molecular weight is 308 g/mol. The van der Waals surface area contributed by atoms with Crippen LogP contribution in [0.25, 0.3) is 0 Å². The summed E-state index contributed by atoms with van der Waals surface area (Å²) in [5.74, 6) is 0. The molecule has 0 unspecified atom stereocenters. The number of hydrogen-bond acceptors (Lipinski definition) is 6. The number of nitrogens with zero attached hydrogens (tertiary/aromatic N) is 4. The van der Waals surface area contributed by atoms with Crippen molar-refractivity contribution in [2.75, 3.05) is 46.4 Å². The molecule has 1 aromatic heterocycles. The molecule has 6 heteroatoms. The van der Waals surface area contributed by atoms with Crippen LogP contribution < -0.4 is 0 Å². The van der Waals surface area contributed by atoms with Crippen molar-refractivity contribution >= 4 is 0 Å². The Labute approximate surface area is 132 Å². The van der Waals surface area contributed by atoms with E-state index >= 15 is 0 Å². The third-order valence-electron chi connectivity index (χ3n) is 5.11. The Bertz CT molecular complexity index is 431. The Morgan fingerprint density at radius 2 is 2.09 bits per heavy atom. The number of aliphatic hydroxyl groups excluding tert-OH is 1. The molecule has 124 valence electrons. The van der Waals surface area contributed by atoms with Gasteiger partial charge < -0.3 is 14.5 Å². The smallest absolute Gasteiger partial charge is 0.124 e. The summed E-state index contributed by atoms with van der Waals surface area (Å²) < 4.78 is 4.92. The Morgan fingerprint density at radius 1 is 1.27 bits per heavy atom. The van der Waals surface area contributed by atoms with Crippen molar-refractivity contribution in [3.05, 3.63) is 18.0 Å². The molecule has 3 rings (SSSR count). The zero-order valence-corrected chi connectivity index (χ0v) is 13.5. The fraction of sp³-hybridized carbons (Fsp3) is 0.812. The van der Waals surface area contributed by atoms with E-state index in [-0.39, 0.29) is 6.61 Å². The number of rotatable bonds is 5. The molecule has 1 atom stereocenters. The van der Waals surface area contributed by atoms with Crippen LogP contribution in [0, 0.1) is 0 Å². The highest BCUT2D eigenvalue weighted by Crippen LogP contribution is 2.23. The van der Waals surface area contributed by atoms with Crippen LogP contribution in [-0.4, -0.2) is 83.4 Å². The van der Waals surface area contributed by atoms with Crippen LogP contribution in [0.15, 0.2) is 16.9 Å². The van der Waals surface area contributed by atoms with Gasteiger partial charge in [0.05, 0.1) is 5.69 Å². The molecule has 2 aliphatic rings. The Kier molecular flexibility index (Phi) is 5.46. The molecule has 1 aromatic rings. The minimum absolute atomic E-state index is 0.269. The highest BCUT2D eigenvalue weighted by molar-refractivity contribution is 4.97. The summed E-state index contributed by atoms with van der Waals surface area (Å²) in [6.45, 7) is 6.67. The second-order valence-corrected chi connectivity index (χ2v) is 6.66. The molecule has 2 aliphatic heterocycles. The molecule has 0 aromatic carbocycles. The first-order chi connectivity index (χ1) is 10.8. The first kappa shape index (κ1) is 15.9. The first-order valence-electron chi connectivity index (χ1n) is 8.43. The molecule has 3 heterocycles. The third-order valence-corrected chi connectivity index (χ3v) is 5.11. The number of likely N-dealkylation sites (tertiary alicyclic amines) is 1. The van der Waals surface area contributed by atoms with Gasteiger partial charge in [0, 0.05) is 50.9 Å². The van der Waals surface area contributed by atoms with Crippen LogP contribution >= 0.6 is 0 Å². The van der Waals surface area contributed by atoms with Crippen LogP contribution in [0.5, 0.6) is 0 Å². The molecule has 6 nitrogen and oxygen atoms in total. The van der Waals surface area contributed by atoms with E-state index in [1.54, 1.807) is 6.26 Å². The highest BCUT2D eigenvalue weighted by Gasteiger charge is 2.33. The van der Waals surface area contributed by atoms with Crippen LogP contribution in [-0.2, 0) is 6.54 Å². The predicted molar refractivity (Wildman–Crippen MR) is 84.5 cm³/mol. The van der Waals surface area contributed by atoms with Crippen molar-refractivity contribution in [1.82, 2.24) is 19.9 Å². The Morgan fingerprint density at radius 3 is 2.77 bits per heavy atom. The number of aliphatic hydroxyl groups is 1. The summed E-state index contributed by atoms with van der Waals surface area (Å²) in [6.07, 6.45) is 5.00. The maximum absolute atomic E-state index is 9.44. The van der Waals surface area contributed by atoms with Crippen LogP contribution in [0.3, 0.4) is 0 Å². The molecular formula is C16H28N4O2. The quantitative estimate of drug-likeness (QED) is 0.861. The van der Waals surface area contributed by atoms with Gasteiger partial charge in [-0.3, -0.25) is 9.80 Å².